The van der Waals surface area contributed by atoms with Crippen LogP contribution in [0.15, 0.2) is 39.1 Å². The lowest BCUT2D eigenvalue weighted by molar-refractivity contribution is -0.151. The van der Waals surface area contributed by atoms with Crippen LogP contribution in [0.1, 0.15) is 38.7 Å². The third-order valence-corrected chi connectivity index (χ3v) is 6.74. The second-order valence-corrected chi connectivity index (χ2v) is 8.84. The number of ether oxygens (including phenoxy) is 4. The summed E-state index contributed by atoms with van der Waals surface area (Å²) in [5, 5.41) is 3.23. The van der Waals surface area contributed by atoms with E-state index in [0.29, 0.717) is 50.5 Å². The molecule has 0 aromatic heterocycles. The van der Waals surface area contributed by atoms with Crippen molar-refractivity contribution in [3.8, 4) is 11.5 Å². The number of allylic oxidation sites excluding steroid dienone is 3. The monoisotopic (exact) mass is 521 g/mol. The van der Waals surface area contributed by atoms with Gasteiger partial charge in [0.05, 0.1) is 33.5 Å². The zero-order chi connectivity index (χ0) is 24.4. The van der Waals surface area contributed by atoms with Crippen molar-refractivity contribution in [2.45, 2.75) is 33.1 Å². The molecule has 1 aliphatic heterocycles. The Hall–Kier alpha value is -2.81. The number of esters is 2. The smallest absolute Gasteiger partial charge is 0.336 e. The van der Waals surface area contributed by atoms with Crippen LogP contribution in [0, 0.1) is 11.8 Å². The third kappa shape index (κ3) is 4.38. The maximum atomic E-state index is 13.7. The van der Waals surface area contributed by atoms with Crippen molar-refractivity contribution in [3.63, 3.8) is 0 Å². The molecule has 0 saturated heterocycles. The molecule has 0 spiro atoms. The molecular formula is C24H28BrNO7. The Morgan fingerprint density at radius 2 is 1.79 bits per heavy atom. The minimum absolute atomic E-state index is 0.178. The first-order valence-corrected chi connectivity index (χ1v) is 11.4. The molecule has 1 heterocycles. The van der Waals surface area contributed by atoms with Crippen LogP contribution in [-0.4, -0.2) is 45.7 Å². The van der Waals surface area contributed by atoms with Crippen LogP contribution in [0.4, 0.5) is 0 Å². The van der Waals surface area contributed by atoms with Gasteiger partial charge in [-0.1, -0.05) is 22.9 Å². The number of ketones is 1. The van der Waals surface area contributed by atoms with E-state index < -0.39 is 23.8 Å². The molecule has 3 rings (SSSR count). The molecule has 0 fully saturated rings. The minimum Gasteiger partial charge on any atom is -0.493 e. The quantitative estimate of drug-likeness (QED) is 0.447. The van der Waals surface area contributed by atoms with Crippen molar-refractivity contribution >= 4 is 33.7 Å². The summed E-state index contributed by atoms with van der Waals surface area (Å²) in [6.07, 6.45) is 0.454. The number of carbonyl (C=O) groups excluding carboxylic acids is 3. The van der Waals surface area contributed by atoms with Gasteiger partial charge in [-0.2, -0.15) is 0 Å². The van der Waals surface area contributed by atoms with Gasteiger partial charge in [-0.05, 0) is 43.9 Å². The average molecular weight is 522 g/mol. The fourth-order valence-electron chi connectivity index (χ4n) is 4.56. The van der Waals surface area contributed by atoms with Crippen LogP contribution in [0.3, 0.4) is 0 Å². The predicted octanol–water partition coefficient (Wildman–Crippen LogP) is 3.64. The molecule has 9 heteroatoms. The van der Waals surface area contributed by atoms with Gasteiger partial charge in [0.1, 0.15) is 5.92 Å². The first-order valence-electron chi connectivity index (χ1n) is 10.6. The number of halogens is 1. The maximum Gasteiger partial charge on any atom is 0.336 e. The summed E-state index contributed by atoms with van der Waals surface area (Å²) in [6.45, 7) is 5.51. The number of nitrogens with one attached hydrogen (secondary N) is 1. The van der Waals surface area contributed by atoms with Gasteiger partial charge in [0, 0.05) is 27.4 Å². The molecule has 33 heavy (non-hydrogen) atoms. The second-order valence-electron chi connectivity index (χ2n) is 7.98. The van der Waals surface area contributed by atoms with Crippen LogP contribution in [0.25, 0.3) is 0 Å². The molecule has 0 amide bonds. The Bertz CT molecular complexity index is 1060. The number of dihydropyridines is 1. The number of hydrogen-bond acceptors (Lipinski definition) is 8. The SMILES string of the molecule is CCOC(=O)C1=C(C)NC2=C(C(=O)C(C(=O)OC)C(C)C2)C1c1cc(OC)c(OC)cc1Br. The molecule has 178 valence electrons. The van der Waals surface area contributed by atoms with E-state index in [9.17, 15) is 14.4 Å². The highest BCUT2D eigenvalue weighted by Gasteiger charge is 2.47. The highest BCUT2D eigenvalue weighted by atomic mass is 79.9. The molecule has 1 N–H and O–H groups in total. The standard InChI is InChI=1S/C24H28BrNO7/c1-7-33-24(29)19-12(3)26-15-8-11(2)18(23(28)32-6)22(27)21(15)20(19)13-9-16(30-4)17(31-5)10-14(13)25/h9-11,18,20,26H,7-8H2,1-6H3. The normalized spacial score (nSPS) is 22.4. The average Bonchev–Trinajstić information content (AvgIpc) is 2.77. The number of rotatable bonds is 6. The summed E-state index contributed by atoms with van der Waals surface area (Å²) < 4.78 is 21.8. The van der Waals surface area contributed by atoms with E-state index in [1.165, 1.54) is 21.3 Å². The summed E-state index contributed by atoms with van der Waals surface area (Å²) in [5.41, 5.74) is 2.55. The molecule has 3 atom stereocenters. The van der Waals surface area contributed by atoms with Crippen LogP contribution in [-0.2, 0) is 23.9 Å². The zero-order valence-electron chi connectivity index (χ0n) is 19.5. The first kappa shape index (κ1) is 24.8. The van der Waals surface area contributed by atoms with Gasteiger partial charge in [-0.3, -0.25) is 9.59 Å². The van der Waals surface area contributed by atoms with Gasteiger partial charge in [-0.15, -0.1) is 0 Å². The van der Waals surface area contributed by atoms with Gasteiger partial charge in [0.15, 0.2) is 17.3 Å². The Balaban J connectivity index is 2.28. The van der Waals surface area contributed by atoms with Crippen LogP contribution < -0.4 is 14.8 Å². The summed E-state index contributed by atoms with van der Waals surface area (Å²) in [7, 11) is 4.30. The van der Waals surface area contributed by atoms with Crippen LogP contribution >= 0.6 is 15.9 Å². The van der Waals surface area contributed by atoms with Crippen molar-refractivity contribution in [1.29, 1.82) is 0 Å². The Labute approximate surface area is 201 Å². The van der Waals surface area contributed by atoms with Crippen molar-refractivity contribution in [3.05, 3.63) is 44.7 Å². The van der Waals surface area contributed by atoms with E-state index in [-0.39, 0.29) is 18.3 Å². The van der Waals surface area contributed by atoms with Crippen molar-refractivity contribution in [2.24, 2.45) is 11.8 Å². The number of Topliss-reactive ketones (excluding diaryl/α,β-unsaturated/α-hetero) is 1. The third-order valence-electron chi connectivity index (χ3n) is 6.05. The Kier molecular flexibility index (Phi) is 7.51. The molecule has 1 aromatic rings. The molecule has 2 aliphatic rings. The van der Waals surface area contributed by atoms with Gasteiger partial charge in [0.2, 0.25) is 0 Å². The zero-order valence-corrected chi connectivity index (χ0v) is 21.1. The van der Waals surface area contributed by atoms with Crippen molar-refractivity contribution in [2.75, 3.05) is 27.9 Å². The first-order chi connectivity index (χ1) is 15.7. The highest BCUT2D eigenvalue weighted by Crippen LogP contribution is 2.49. The summed E-state index contributed by atoms with van der Waals surface area (Å²) in [6, 6.07) is 3.46. The van der Waals surface area contributed by atoms with E-state index in [1.807, 2.05) is 6.92 Å². The van der Waals surface area contributed by atoms with Crippen molar-refractivity contribution in [1.82, 2.24) is 5.32 Å². The van der Waals surface area contributed by atoms with E-state index >= 15 is 0 Å². The van der Waals surface area contributed by atoms with Gasteiger partial charge >= 0.3 is 11.9 Å². The van der Waals surface area contributed by atoms with Crippen LogP contribution in [0.2, 0.25) is 0 Å². The Morgan fingerprint density at radius 3 is 2.36 bits per heavy atom. The lowest BCUT2D eigenvalue weighted by Crippen LogP contribution is -2.43. The largest absolute Gasteiger partial charge is 0.493 e. The molecule has 0 radical (unpaired) electrons. The molecule has 3 unspecified atom stereocenters. The number of methoxy groups -OCH3 is 3. The van der Waals surface area contributed by atoms with E-state index in [0.717, 1.165) is 0 Å². The fourth-order valence-corrected chi connectivity index (χ4v) is 5.11. The van der Waals surface area contributed by atoms with Gasteiger partial charge < -0.3 is 24.3 Å². The van der Waals surface area contributed by atoms with Crippen molar-refractivity contribution < 1.29 is 33.3 Å². The lowest BCUT2D eigenvalue weighted by atomic mass is 9.69. The summed E-state index contributed by atoms with van der Waals surface area (Å²) in [4.78, 5) is 39.3. The maximum absolute atomic E-state index is 13.7. The Morgan fingerprint density at radius 1 is 1.15 bits per heavy atom. The fraction of sp³-hybridized carbons (Fsp3) is 0.458. The number of benzene rings is 1. The number of carbonyl (C=O) groups is 3. The molecule has 1 aromatic carbocycles. The molecular weight excluding hydrogens is 494 g/mol. The minimum atomic E-state index is -0.959. The second kappa shape index (κ2) is 9.99. The molecule has 0 bridgehead atoms. The molecule has 1 aliphatic carbocycles. The topological polar surface area (TPSA) is 100 Å². The lowest BCUT2D eigenvalue weighted by Gasteiger charge is -2.38. The van der Waals surface area contributed by atoms with Gasteiger partial charge in [0.25, 0.3) is 0 Å². The summed E-state index contributed by atoms with van der Waals surface area (Å²) in [5.74, 6) is -2.56. The van der Waals surface area contributed by atoms with Gasteiger partial charge in [-0.25, -0.2) is 4.79 Å². The molecule has 0 saturated carbocycles. The van der Waals surface area contributed by atoms with E-state index in [1.54, 1.807) is 26.0 Å². The predicted molar refractivity (Wildman–Crippen MR) is 124 cm³/mol. The highest BCUT2D eigenvalue weighted by molar-refractivity contribution is 9.10. The number of hydrogen-bond donors (Lipinski definition) is 1. The summed E-state index contributed by atoms with van der Waals surface area (Å²) >= 11 is 3.57. The molecule has 8 nitrogen and oxygen atoms in total. The van der Waals surface area contributed by atoms with E-state index in [2.05, 4.69) is 21.2 Å². The van der Waals surface area contributed by atoms with E-state index in [4.69, 9.17) is 18.9 Å². The van der Waals surface area contributed by atoms with Crippen LogP contribution in [0.5, 0.6) is 11.5 Å².